The van der Waals surface area contributed by atoms with Gasteiger partial charge in [0.2, 0.25) is 0 Å². The molecule has 0 aromatic heterocycles. The number of amides is 2. The van der Waals surface area contributed by atoms with Gasteiger partial charge in [-0.25, -0.2) is 8.78 Å². The van der Waals surface area contributed by atoms with E-state index in [1.54, 1.807) is 36.5 Å². The predicted molar refractivity (Wildman–Crippen MR) is 117 cm³/mol. The van der Waals surface area contributed by atoms with E-state index in [1.165, 1.54) is 13.1 Å². The summed E-state index contributed by atoms with van der Waals surface area (Å²) >= 11 is 6.20. The van der Waals surface area contributed by atoms with Gasteiger partial charge in [-0.05, 0) is 35.9 Å². The maximum Gasteiger partial charge on any atom is 0.258 e. The molecule has 162 valence electrons. The predicted octanol–water partition coefficient (Wildman–Crippen LogP) is 4.57. The van der Waals surface area contributed by atoms with Crippen molar-refractivity contribution in [1.29, 1.82) is 5.26 Å². The van der Waals surface area contributed by atoms with Gasteiger partial charge in [-0.15, -0.1) is 0 Å². The summed E-state index contributed by atoms with van der Waals surface area (Å²) < 4.78 is 28.2. The Balaban J connectivity index is 1.84. The lowest BCUT2D eigenvalue weighted by Crippen LogP contribution is -2.47. The van der Waals surface area contributed by atoms with Crippen molar-refractivity contribution in [2.45, 2.75) is 12.5 Å². The monoisotopic (exact) mass is 453 g/mol. The molecule has 1 atom stereocenters. The van der Waals surface area contributed by atoms with Crippen LogP contribution < -0.4 is 5.32 Å². The number of rotatable bonds is 6. The highest BCUT2D eigenvalue weighted by Gasteiger charge is 2.27. The van der Waals surface area contributed by atoms with Crippen molar-refractivity contribution in [3.8, 4) is 17.3 Å². The van der Waals surface area contributed by atoms with E-state index in [9.17, 15) is 18.4 Å². The summed E-state index contributed by atoms with van der Waals surface area (Å²) in [7, 11) is 1.21. The van der Waals surface area contributed by atoms with Crippen molar-refractivity contribution >= 4 is 23.4 Å². The molecule has 0 saturated heterocycles. The Morgan fingerprint density at radius 3 is 2.25 bits per heavy atom. The van der Waals surface area contributed by atoms with Crippen molar-refractivity contribution < 1.29 is 18.4 Å². The number of nitriles is 1. The average molecular weight is 454 g/mol. The van der Waals surface area contributed by atoms with E-state index in [0.717, 1.165) is 23.3 Å². The molecule has 0 radical (unpaired) electrons. The molecule has 1 N–H and O–H groups in total. The van der Waals surface area contributed by atoms with Crippen LogP contribution >= 0.6 is 11.6 Å². The molecule has 0 unspecified atom stereocenters. The van der Waals surface area contributed by atoms with Gasteiger partial charge in [0, 0.05) is 35.2 Å². The minimum Gasteiger partial charge on any atom is -0.340 e. The fourth-order valence-corrected chi connectivity index (χ4v) is 3.40. The minimum atomic E-state index is -1.35. The number of carbonyl (C=O) groups is 2. The van der Waals surface area contributed by atoms with Crippen molar-refractivity contribution in [3.63, 3.8) is 0 Å². The average Bonchev–Trinajstić information content (AvgIpc) is 2.80. The van der Waals surface area contributed by atoms with Crippen LogP contribution in [0.3, 0.4) is 0 Å². The number of nitrogens with zero attached hydrogens (tertiary/aromatic N) is 2. The normalized spacial score (nSPS) is 11.3. The highest BCUT2D eigenvalue weighted by molar-refractivity contribution is 6.33. The van der Waals surface area contributed by atoms with Crippen LogP contribution in [0, 0.1) is 23.1 Å². The molecule has 0 heterocycles. The zero-order valence-electron chi connectivity index (χ0n) is 17.0. The first-order valence-electron chi connectivity index (χ1n) is 9.58. The number of carbonyl (C=O) groups excluding carboxylic acids is 2. The Morgan fingerprint density at radius 1 is 1.03 bits per heavy atom. The van der Waals surface area contributed by atoms with Gasteiger partial charge in [0.1, 0.15) is 17.7 Å². The summed E-state index contributed by atoms with van der Waals surface area (Å²) in [5.74, 6) is -3.12. The van der Waals surface area contributed by atoms with Gasteiger partial charge in [-0.1, -0.05) is 48.0 Å². The van der Waals surface area contributed by atoms with Crippen LogP contribution in [0.2, 0.25) is 5.02 Å². The minimum absolute atomic E-state index is 0.229. The van der Waals surface area contributed by atoms with E-state index in [-0.39, 0.29) is 11.1 Å². The largest absolute Gasteiger partial charge is 0.340 e. The van der Waals surface area contributed by atoms with Gasteiger partial charge in [-0.2, -0.15) is 5.26 Å². The molecule has 2 amide bonds. The fraction of sp³-hybridized carbons (Fsp3) is 0.125. The SMILES string of the molecule is CN(C#N)C(=O)[C@H](Cc1c(F)cccc1F)NC(=O)c1ccc(-c2ccccc2Cl)cc1. The molecule has 0 aliphatic heterocycles. The van der Waals surface area contributed by atoms with E-state index in [0.29, 0.717) is 9.92 Å². The highest BCUT2D eigenvalue weighted by Crippen LogP contribution is 2.27. The maximum absolute atomic E-state index is 14.1. The molecular weight excluding hydrogens is 436 g/mol. The Labute approximate surface area is 188 Å². The zero-order chi connectivity index (χ0) is 23.3. The maximum atomic E-state index is 14.1. The molecule has 0 bridgehead atoms. The van der Waals surface area contributed by atoms with Crippen molar-refractivity contribution in [2.75, 3.05) is 7.05 Å². The molecule has 8 heteroatoms. The third-order valence-corrected chi connectivity index (χ3v) is 5.22. The lowest BCUT2D eigenvalue weighted by molar-refractivity contribution is -0.129. The Bertz CT molecular complexity index is 1170. The summed E-state index contributed by atoms with van der Waals surface area (Å²) in [6.45, 7) is 0. The van der Waals surface area contributed by atoms with E-state index >= 15 is 0 Å². The lowest BCUT2D eigenvalue weighted by Gasteiger charge is -2.21. The Morgan fingerprint density at radius 2 is 1.66 bits per heavy atom. The second-order valence-electron chi connectivity index (χ2n) is 6.98. The Hall–Kier alpha value is -3.76. The molecule has 32 heavy (non-hydrogen) atoms. The van der Waals surface area contributed by atoms with Gasteiger partial charge >= 0.3 is 0 Å². The van der Waals surface area contributed by atoms with Crippen LogP contribution in [0.5, 0.6) is 0 Å². The third-order valence-electron chi connectivity index (χ3n) is 4.89. The van der Waals surface area contributed by atoms with Gasteiger partial charge in [0.15, 0.2) is 6.19 Å². The Kier molecular flexibility index (Phi) is 7.18. The molecule has 0 fully saturated rings. The second kappa shape index (κ2) is 10.0. The molecule has 0 aliphatic carbocycles. The third kappa shape index (κ3) is 5.10. The summed E-state index contributed by atoms with van der Waals surface area (Å²) in [5.41, 5.74) is 1.45. The molecule has 0 spiro atoms. The summed E-state index contributed by atoms with van der Waals surface area (Å²) in [4.78, 5) is 26.0. The molecule has 0 aliphatic rings. The van der Waals surface area contributed by atoms with E-state index in [1.807, 2.05) is 18.2 Å². The number of likely N-dealkylation sites (N-methyl/N-ethyl adjacent to an activating group) is 1. The molecule has 0 saturated carbocycles. The first-order chi connectivity index (χ1) is 15.3. The van der Waals surface area contributed by atoms with Crippen LogP contribution in [-0.2, 0) is 11.2 Å². The first kappa shape index (κ1) is 22.9. The van der Waals surface area contributed by atoms with E-state index < -0.39 is 35.9 Å². The van der Waals surface area contributed by atoms with Crippen molar-refractivity contribution in [3.05, 3.63) is 94.5 Å². The number of halogens is 3. The van der Waals surface area contributed by atoms with Gasteiger partial charge < -0.3 is 5.32 Å². The standard InChI is InChI=1S/C24H18ClF2N3O2/c1-30(14-28)24(32)22(13-18-20(26)7-4-8-21(18)27)29-23(31)16-11-9-15(10-12-16)17-5-2-3-6-19(17)25/h2-12,22H,13H2,1H3,(H,29,31)/t22-/m0/s1. The molecule has 3 rings (SSSR count). The molecule has 3 aromatic carbocycles. The zero-order valence-corrected chi connectivity index (χ0v) is 17.7. The smallest absolute Gasteiger partial charge is 0.258 e. The van der Waals surface area contributed by atoms with Gasteiger partial charge in [-0.3, -0.25) is 14.5 Å². The van der Waals surface area contributed by atoms with E-state index in [2.05, 4.69) is 5.32 Å². The number of hydrogen-bond donors (Lipinski definition) is 1. The van der Waals surface area contributed by atoms with Gasteiger partial charge in [0.25, 0.3) is 11.8 Å². The van der Waals surface area contributed by atoms with Crippen LogP contribution in [0.4, 0.5) is 8.78 Å². The molecular formula is C24H18ClF2N3O2. The van der Waals surface area contributed by atoms with Crippen molar-refractivity contribution in [2.24, 2.45) is 0 Å². The van der Waals surface area contributed by atoms with Crippen LogP contribution in [0.1, 0.15) is 15.9 Å². The molecule has 3 aromatic rings. The van der Waals surface area contributed by atoms with Crippen LogP contribution in [0.25, 0.3) is 11.1 Å². The summed E-state index contributed by atoms with van der Waals surface area (Å²) in [6.07, 6.45) is 1.19. The second-order valence-corrected chi connectivity index (χ2v) is 7.39. The quantitative estimate of drug-likeness (QED) is 0.439. The first-order valence-corrected chi connectivity index (χ1v) is 9.95. The number of hydrogen-bond acceptors (Lipinski definition) is 3. The fourth-order valence-electron chi connectivity index (χ4n) is 3.15. The van der Waals surface area contributed by atoms with Crippen molar-refractivity contribution in [1.82, 2.24) is 10.2 Å². The van der Waals surface area contributed by atoms with E-state index in [4.69, 9.17) is 16.9 Å². The topological polar surface area (TPSA) is 73.2 Å². The summed E-state index contributed by atoms with van der Waals surface area (Å²) in [5, 5.41) is 12.1. The molecule has 5 nitrogen and oxygen atoms in total. The van der Waals surface area contributed by atoms with Crippen LogP contribution in [-0.4, -0.2) is 29.8 Å². The van der Waals surface area contributed by atoms with Crippen LogP contribution in [0.15, 0.2) is 66.7 Å². The highest BCUT2D eigenvalue weighted by atomic mass is 35.5. The summed E-state index contributed by atoms with van der Waals surface area (Å²) in [6, 6.07) is 15.7. The number of benzene rings is 3. The number of nitrogens with one attached hydrogen (secondary N) is 1. The lowest BCUT2D eigenvalue weighted by atomic mass is 10.0. The van der Waals surface area contributed by atoms with Gasteiger partial charge in [0.05, 0.1) is 0 Å².